The highest BCUT2D eigenvalue weighted by atomic mass is 79.9. The maximum atomic E-state index is 13.3. The van der Waals surface area contributed by atoms with Gasteiger partial charge in [0.2, 0.25) is 0 Å². The monoisotopic (exact) mass is 387 g/mol. The third-order valence-corrected chi connectivity index (χ3v) is 3.57. The Labute approximate surface area is 136 Å². The number of hydrogen-bond acceptors (Lipinski definition) is 5. The summed E-state index contributed by atoms with van der Waals surface area (Å²) in [5.41, 5.74) is -0.314. The van der Waals surface area contributed by atoms with Crippen LogP contribution in [0.5, 0.6) is 5.75 Å². The number of aromatic nitrogens is 3. The van der Waals surface area contributed by atoms with E-state index in [-0.39, 0.29) is 27.7 Å². The van der Waals surface area contributed by atoms with Crippen LogP contribution >= 0.6 is 15.9 Å². The molecule has 5 nitrogen and oxygen atoms in total. The topological polar surface area (TPSA) is 61.0 Å². The largest absolute Gasteiger partial charge is 0.497 e. The van der Waals surface area contributed by atoms with Crippen molar-refractivity contribution in [2.24, 2.45) is 0 Å². The molecule has 0 amide bonds. The van der Waals surface area contributed by atoms with Crippen LogP contribution in [0.4, 0.5) is 13.2 Å². The van der Waals surface area contributed by atoms with Crippen molar-refractivity contribution in [3.05, 3.63) is 34.1 Å². The third kappa shape index (κ3) is 2.88. The molecule has 3 aromatic rings. The predicted octanol–water partition coefficient (Wildman–Crippen LogP) is 4.38. The number of alkyl halides is 3. The van der Waals surface area contributed by atoms with Gasteiger partial charge in [-0.05, 0) is 30.7 Å². The van der Waals surface area contributed by atoms with Crippen molar-refractivity contribution in [2.45, 2.75) is 13.1 Å². The van der Waals surface area contributed by atoms with E-state index in [9.17, 15) is 13.2 Å². The lowest BCUT2D eigenvalue weighted by molar-refractivity contribution is -0.136. The lowest BCUT2D eigenvalue weighted by atomic mass is 10.0. The Morgan fingerprint density at radius 2 is 1.91 bits per heavy atom. The minimum absolute atomic E-state index is 0.0332. The second-order valence-electron chi connectivity index (χ2n) is 4.75. The van der Waals surface area contributed by atoms with Crippen LogP contribution in [-0.4, -0.2) is 22.3 Å². The van der Waals surface area contributed by atoms with Crippen LogP contribution in [0, 0.1) is 6.92 Å². The zero-order valence-corrected chi connectivity index (χ0v) is 13.5. The van der Waals surface area contributed by atoms with E-state index in [1.54, 1.807) is 13.0 Å². The molecule has 0 aliphatic rings. The van der Waals surface area contributed by atoms with Gasteiger partial charge in [-0.3, -0.25) is 0 Å². The first-order chi connectivity index (χ1) is 10.8. The van der Waals surface area contributed by atoms with Crippen LogP contribution in [-0.2, 0) is 6.18 Å². The molecule has 2 aromatic heterocycles. The van der Waals surface area contributed by atoms with Crippen molar-refractivity contribution in [3.8, 4) is 17.3 Å². The molecule has 9 heteroatoms. The Morgan fingerprint density at radius 1 is 1.17 bits per heavy atom. The smallest absolute Gasteiger partial charge is 0.418 e. The highest BCUT2D eigenvalue weighted by molar-refractivity contribution is 9.10. The first-order valence-electron chi connectivity index (χ1n) is 6.35. The normalized spacial score (nSPS) is 11.9. The second-order valence-corrected chi connectivity index (χ2v) is 5.43. The van der Waals surface area contributed by atoms with Gasteiger partial charge in [-0.2, -0.15) is 13.2 Å². The molecule has 0 unspecified atom stereocenters. The first-order valence-corrected chi connectivity index (χ1v) is 7.15. The Morgan fingerprint density at radius 3 is 2.48 bits per heavy atom. The fourth-order valence-corrected chi connectivity index (χ4v) is 2.45. The van der Waals surface area contributed by atoms with Crippen LogP contribution in [0.15, 0.2) is 27.4 Å². The van der Waals surface area contributed by atoms with E-state index < -0.39 is 11.7 Å². The van der Waals surface area contributed by atoms with Crippen molar-refractivity contribution < 1.29 is 22.3 Å². The summed E-state index contributed by atoms with van der Waals surface area (Å²) in [7, 11) is 1.31. The van der Waals surface area contributed by atoms with Crippen molar-refractivity contribution in [1.82, 2.24) is 15.2 Å². The zero-order chi connectivity index (χ0) is 16.8. The van der Waals surface area contributed by atoms with Crippen molar-refractivity contribution in [1.29, 1.82) is 0 Å². The average Bonchev–Trinajstić information content (AvgIpc) is 2.92. The van der Waals surface area contributed by atoms with Gasteiger partial charge < -0.3 is 9.15 Å². The number of methoxy groups -OCH3 is 1. The molecule has 0 aliphatic heterocycles. The molecule has 120 valence electrons. The van der Waals surface area contributed by atoms with Crippen LogP contribution < -0.4 is 4.74 Å². The van der Waals surface area contributed by atoms with Gasteiger partial charge >= 0.3 is 6.18 Å². The number of rotatable bonds is 2. The van der Waals surface area contributed by atoms with Gasteiger partial charge in [-0.15, -0.1) is 10.2 Å². The highest BCUT2D eigenvalue weighted by Crippen LogP contribution is 2.38. The van der Waals surface area contributed by atoms with E-state index >= 15 is 0 Å². The van der Waals surface area contributed by atoms with Gasteiger partial charge in [0.15, 0.2) is 0 Å². The summed E-state index contributed by atoms with van der Waals surface area (Å²) in [6, 6.07) is 4.02. The Bertz CT molecular complexity index is 893. The number of ether oxygens (including phenoxy) is 1. The fourth-order valence-electron chi connectivity index (χ4n) is 2.22. The Balaban J connectivity index is 2.34. The molecule has 0 fully saturated rings. The number of halogens is 4. The summed E-state index contributed by atoms with van der Waals surface area (Å²) in [5, 5.41) is 7.69. The summed E-state index contributed by atoms with van der Waals surface area (Å²) >= 11 is 3.00. The molecule has 0 saturated heterocycles. The van der Waals surface area contributed by atoms with Gasteiger partial charge in [-0.25, -0.2) is 4.98 Å². The van der Waals surface area contributed by atoms with Gasteiger partial charge in [0.25, 0.3) is 10.7 Å². The molecule has 0 bridgehead atoms. The minimum atomic E-state index is -4.57. The molecule has 3 rings (SSSR count). The van der Waals surface area contributed by atoms with Gasteiger partial charge in [0.05, 0.1) is 18.2 Å². The summed E-state index contributed by atoms with van der Waals surface area (Å²) in [6.07, 6.45) is -4.57. The van der Waals surface area contributed by atoms with E-state index in [4.69, 9.17) is 9.15 Å². The van der Waals surface area contributed by atoms with Gasteiger partial charge in [0.1, 0.15) is 11.4 Å². The van der Waals surface area contributed by atoms with E-state index in [0.29, 0.717) is 10.9 Å². The lowest BCUT2D eigenvalue weighted by Crippen LogP contribution is -2.08. The van der Waals surface area contributed by atoms with Crippen LogP contribution in [0.2, 0.25) is 0 Å². The standard InChI is InChI=1S/C14H9BrF3N3O2/c1-6-3-10(12-20-21-13(15)23-12)19-11-8(6)4-7(22-2)5-9(11)14(16,17)18/h3-5H,1-2H3. The predicted molar refractivity (Wildman–Crippen MR) is 79.0 cm³/mol. The lowest BCUT2D eigenvalue weighted by Gasteiger charge is -2.14. The maximum absolute atomic E-state index is 13.3. The first kappa shape index (κ1) is 15.7. The summed E-state index contributed by atoms with van der Waals surface area (Å²) in [4.78, 5) is 4.19. The molecule has 23 heavy (non-hydrogen) atoms. The van der Waals surface area contributed by atoms with Crippen LogP contribution in [0.25, 0.3) is 22.5 Å². The molecule has 0 spiro atoms. The van der Waals surface area contributed by atoms with E-state index in [2.05, 4.69) is 31.1 Å². The third-order valence-electron chi connectivity index (χ3n) is 3.25. The summed E-state index contributed by atoms with van der Waals surface area (Å²) < 4.78 is 50.2. The highest BCUT2D eigenvalue weighted by Gasteiger charge is 2.34. The van der Waals surface area contributed by atoms with E-state index in [1.165, 1.54) is 13.2 Å². The summed E-state index contributed by atoms with van der Waals surface area (Å²) in [5.74, 6) is 0.147. The number of benzene rings is 1. The van der Waals surface area contributed by atoms with Crippen molar-refractivity contribution in [2.75, 3.05) is 7.11 Å². The van der Waals surface area contributed by atoms with Crippen molar-refractivity contribution >= 4 is 26.8 Å². The number of fused-ring (bicyclic) bond motifs is 1. The molecule has 0 saturated carbocycles. The second kappa shape index (κ2) is 5.48. The molecule has 1 aromatic carbocycles. The number of nitrogens with zero attached hydrogens (tertiary/aromatic N) is 3. The van der Waals surface area contributed by atoms with Crippen LogP contribution in [0.3, 0.4) is 0 Å². The molecule has 0 atom stereocenters. The van der Waals surface area contributed by atoms with E-state index in [0.717, 1.165) is 6.07 Å². The molecule has 0 aliphatic carbocycles. The molecule has 0 radical (unpaired) electrons. The maximum Gasteiger partial charge on any atom is 0.418 e. The number of pyridine rings is 1. The zero-order valence-electron chi connectivity index (χ0n) is 11.9. The fraction of sp³-hybridized carbons (Fsp3) is 0.214. The Hall–Kier alpha value is -2.16. The molecular formula is C14H9BrF3N3O2. The number of aryl methyl sites for hydroxylation is 1. The van der Waals surface area contributed by atoms with Gasteiger partial charge in [0, 0.05) is 21.3 Å². The summed E-state index contributed by atoms with van der Waals surface area (Å²) in [6.45, 7) is 1.68. The quantitative estimate of drug-likeness (QED) is 0.652. The molecule has 2 heterocycles. The van der Waals surface area contributed by atoms with Gasteiger partial charge in [-0.1, -0.05) is 0 Å². The molecular weight excluding hydrogens is 379 g/mol. The van der Waals surface area contributed by atoms with E-state index in [1.807, 2.05) is 0 Å². The van der Waals surface area contributed by atoms with Crippen LogP contribution in [0.1, 0.15) is 11.1 Å². The number of hydrogen-bond donors (Lipinski definition) is 0. The van der Waals surface area contributed by atoms with Crippen molar-refractivity contribution in [3.63, 3.8) is 0 Å². The SMILES string of the molecule is COc1cc(C(F)(F)F)c2nc(-c3nnc(Br)o3)cc(C)c2c1. The Kier molecular flexibility index (Phi) is 3.75. The molecule has 0 N–H and O–H groups in total. The minimum Gasteiger partial charge on any atom is -0.497 e. The average molecular weight is 388 g/mol.